The standard InChI is InChI=1S/C10H19N3O/c1-4-8-6(2)5-9(7(8)3)12-13-10(11)14/h6-8H,4-5H2,1-3H3,(H3,11,13,14)/b12-9-. The van der Waals surface area contributed by atoms with Gasteiger partial charge in [-0.2, -0.15) is 5.10 Å². The molecule has 14 heavy (non-hydrogen) atoms. The first-order valence-corrected chi connectivity index (χ1v) is 5.18. The number of urea groups is 1. The van der Waals surface area contributed by atoms with E-state index in [0.29, 0.717) is 17.8 Å². The molecule has 3 N–H and O–H groups in total. The molecule has 0 aliphatic heterocycles. The Morgan fingerprint density at radius 1 is 1.64 bits per heavy atom. The Morgan fingerprint density at radius 3 is 2.71 bits per heavy atom. The summed E-state index contributed by atoms with van der Waals surface area (Å²) >= 11 is 0. The van der Waals surface area contributed by atoms with E-state index in [1.165, 1.54) is 0 Å². The number of hydrogen-bond donors (Lipinski definition) is 2. The lowest BCUT2D eigenvalue weighted by Gasteiger charge is -2.16. The summed E-state index contributed by atoms with van der Waals surface area (Å²) in [4.78, 5) is 10.5. The molecule has 1 saturated carbocycles. The number of carbonyl (C=O) groups excluding carboxylic acids is 1. The summed E-state index contributed by atoms with van der Waals surface area (Å²) in [6.45, 7) is 6.60. The average molecular weight is 197 g/mol. The summed E-state index contributed by atoms with van der Waals surface area (Å²) in [6.07, 6.45) is 2.14. The van der Waals surface area contributed by atoms with E-state index in [1.54, 1.807) is 0 Å². The van der Waals surface area contributed by atoms with Gasteiger partial charge in [-0.3, -0.25) is 0 Å². The minimum Gasteiger partial charge on any atom is -0.350 e. The predicted molar refractivity (Wildman–Crippen MR) is 56.9 cm³/mol. The highest BCUT2D eigenvalue weighted by molar-refractivity contribution is 5.90. The Kier molecular flexibility index (Phi) is 3.49. The van der Waals surface area contributed by atoms with Crippen molar-refractivity contribution < 1.29 is 4.79 Å². The summed E-state index contributed by atoms with van der Waals surface area (Å²) in [7, 11) is 0. The van der Waals surface area contributed by atoms with Gasteiger partial charge in [0, 0.05) is 5.71 Å². The molecule has 1 rings (SSSR count). The van der Waals surface area contributed by atoms with E-state index in [-0.39, 0.29) is 0 Å². The van der Waals surface area contributed by atoms with Crippen molar-refractivity contribution in [1.29, 1.82) is 0 Å². The molecule has 0 aromatic rings. The van der Waals surface area contributed by atoms with Gasteiger partial charge in [0.1, 0.15) is 0 Å². The number of rotatable bonds is 2. The number of nitrogens with two attached hydrogens (primary N) is 1. The lowest BCUT2D eigenvalue weighted by Crippen LogP contribution is -2.26. The van der Waals surface area contributed by atoms with Crippen LogP contribution in [0.25, 0.3) is 0 Å². The van der Waals surface area contributed by atoms with Crippen LogP contribution in [0.15, 0.2) is 5.10 Å². The van der Waals surface area contributed by atoms with Gasteiger partial charge in [-0.25, -0.2) is 10.2 Å². The summed E-state index contributed by atoms with van der Waals surface area (Å²) in [5.74, 6) is 1.80. The summed E-state index contributed by atoms with van der Waals surface area (Å²) in [5.41, 5.74) is 8.34. The molecule has 4 heteroatoms. The third kappa shape index (κ3) is 2.25. The Morgan fingerprint density at radius 2 is 2.29 bits per heavy atom. The Labute approximate surface area is 84.9 Å². The van der Waals surface area contributed by atoms with Crippen LogP contribution < -0.4 is 11.2 Å². The monoisotopic (exact) mass is 197 g/mol. The number of primary amides is 1. The highest BCUT2D eigenvalue weighted by Crippen LogP contribution is 2.36. The van der Waals surface area contributed by atoms with E-state index in [0.717, 1.165) is 18.6 Å². The van der Waals surface area contributed by atoms with Crippen LogP contribution in [0.4, 0.5) is 4.79 Å². The van der Waals surface area contributed by atoms with Gasteiger partial charge in [-0.15, -0.1) is 0 Å². The van der Waals surface area contributed by atoms with E-state index in [9.17, 15) is 4.79 Å². The molecule has 0 saturated heterocycles. The normalized spacial score (nSPS) is 34.8. The van der Waals surface area contributed by atoms with Crippen molar-refractivity contribution in [1.82, 2.24) is 5.43 Å². The maximum atomic E-state index is 10.5. The van der Waals surface area contributed by atoms with E-state index < -0.39 is 6.03 Å². The first-order valence-electron chi connectivity index (χ1n) is 5.18. The molecule has 3 atom stereocenters. The Hall–Kier alpha value is -1.06. The van der Waals surface area contributed by atoms with Crippen molar-refractivity contribution in [3.05, 3.63) is 0 Å². The maximum Gasteiger partial charge on any atom is 0.332 e. The fraction of sp³-hybridized carbons (Fsp3) is 0.800. The Balaban J connectivity index is 2.65. The van der Waals surface area contributed by atoms with Crippen molar-refractivity contribution in [3.8, 4) is 0 Å². The van der Waals surface area contributed by atoms with Crippen LogP contribution >= 0.6 is 0 Å². The van der Waals surface area contributed by atoms with Gasteiger partial charge in [-0.1, -0.05) is 27.2 Å². The van der Waals surface area contributed by atoms with E-state index >= 15 is 0 Å². The molecule has 1 fully saturated rings. The van der Waals surface area contributed by atoms with Gasteiger partial charge < -0.3 is 5.73 Å². The Bertz CT molecular complexity index is 250. The molecule has 0 radical (unpaired) electrons. The fourth-order valence-corrected chi connectivity index (χ4v) is 2.44. The zero-order valence-corrected chi connectivity index (χ0v) is 9.08. The van der Waals surface area contributed by atoms with Crippen molar-refractivity contribution in [2.75, 3.05) is 0 Å². The van der Waals surface area contributed by atoms with Crippen molar-refractivity contribution in [2.24, 2.45) is 28.6 Å². The maximum absolute atomic E-state index is 10.5. The summed E-state index contributed by atoms with van der Waals surface area (Å²) in [5, 5.41) is 4.04. The van der Waals surface area contributed by atoms with Gasteiger partial charge >= 0.3 is 6.03 Å². The van der Waals surface area contributed by atoms with Crippen LogP contribution in [0.2, 0.25) is 0 Å². The van der Waals surface area contributed by atoms with Gasteiger partial charge in [-0.05, 0) is 24.2 Å². The predicted octanol–water partition coefficient (Wildman–Crippen LogP) is 1.71. The minimum absolute atomic E-state index is 0.460. The molecule has 0 bridgehead atoms. The number of carbonyl (C=O) groups is 1. The van der Waals surface area contributed by atoms with Gasteiger partial charge in [0.25, 0.3) is 0 Å². The highest BCUT2D eigenvalue weighted by Gasteiger charge is 2.34. The number of nitrogens with one attached hydrogen (secondary N) is 1. The van der Waals surface area contributed by atoms with E-state index in [1.807, 2.05) is 0 Å². The molecule has 1 aliphatic carbocycles. The molecular weight excluding hydrogens is 178 g/mol. The topological polar surface area (TPSA) is 67.5 Å². The molecular formula is C10H19N3O. The SMILES string of the molecule is CCC1C(C)C/C(=N/NC(N)=O)C1C. The number of hydrazone groups is 1. The van der Waals surface area contributed by atoms with Crippen LogP contribution in [-0.2, 0) is 0 Å². The molecule has 80 valence electrons. The smallest absolute Gasteiger partial charge is 0.332 e. The van der Waals surface area contributed by atoms with Gasteiger partial charge in [0.05, 0.1) is 0 Å². The zero-order chi connectivity index (χ0) is 10.7. The van der Waals surface area contributed by atoms with Crippen LogP contribution in [0.3, 0.4) is 0 Å². The van der Waals surface area contributed by atoms with Gasteiger partial charge in [0.15, 0.2) is 0 Å². The molecule has 0 spiro atoms. The van der Waals surface area contributed by atoms with Crippen LogP contribution in [0.1, 0.15) is 33.6 Å². The molecule has 0 aromatic carbocycles. The van der Waals surface area contributed by atoms with Crippen LogP contribution in [-0.4, -0.2) is 11.7 Å². The quantitative estimate of drug-likeness (QED) is 0.650. The minimum atomic E-state index is -0.586. The third-order valence-corrected chi connectivity index (χ3v) is 3.21. The molecule has 0 aromatic heterocycles. The highest BCUT2D eigenvalue weighted by atomic mass is 16.2. The van der Waals surface area contributed by atoms with Crippen molar-refractivity contribution in [2.45, 2.75) is 33.6 Å². The second kappa shape index (κ2) is 4.44. The molecule has 3 unspecified atom stereocenters. The van der Waals surface area contributed by atoms with Crippen LogP contribution in [0, 0.1) is 17.8 Å². The van der Waals surface area contributed by atoms with Crippen molar-refractivity contribution in [3.63, 3.8) is 0 Å². The molecule has 1 aliphatic rings. The average Bonchev–Trinajstić information content (AvgIpc) is 2.38. The first-order chi connectivity index (χ1) is 6.56. The molecule has 2 amide bonds. The van der Waals surface area contributed by atoms with Gasteiger partial charge in [0.2, 0.25) is 0 Å². The lowest BCUT2D eigenvalue weighted by atomic mass is 9.89. The van der Waals surface area contributed by atoms with E-state index in [2.05, 4.69) is 31.3 Å². The second-order valence-electron chi connectivity index (χ2n) is 4.12. The zero-order valence-electron chi connectivity index (χ0n) is 9.08. The third-order valence-electron chi connectivity index (χ3n) is 3.21. The molecule has 4 nitrogen and oxygen atoms in total. The number of amides is 2. The fourth-order valence-electron chi connectivity index (χ4n) is 2.44. The number of hydrogen-bond acceptors (Lipinski definition) is 2. The summed E-state index contributed by atoms with van der Waals surface area (Å²) in [6, 6.07) is -0.586. The second-order valence-corrected chi connectivity index (χ2v) is 4.12. The number of nitrogens with zero attached hydrogens (tertiary/aromatic N) is 1. The van der Waals surface area contributed by atoms with Crippen molar-refractivity contribution >= 4 is 11.7 Å². The lowest BCUT2D eigenvalue weighted by molar-refractivity contribution is 0.249. The van der Waals surface area contributed by atoms with Crippen LogP contribution in [0.5, 0.6) is 0 Å². The van der Waals surface area contributed by atoms with E-state index in [4.69, 9.17) is 5.73 Å². The first kappa shape index (κ1) is 11.0. The largest absolute Gasteiger partial charge is 0.350 e. The summed E-state index contributed by atoms with van der Waals surface area (Å²) < 4.78 is 0. The molecule has 0 heterocycles.